The molecular formula is C20H26N+. The number of pyridine rings is 1. The molecule has 2 aromatic rings. The Kier molecular flexibility index (Phi) is 4.10. The van der Waals surface area contributed by atoms with Crippen molar-refractivity contribution in [2.45, 2.75) is 51.9 Å². The first-order chi connectivity index (χ1) is 10.2. The molecule has 0 atom stereocenters. The molecule has 1 nitrogen and oxygen atoms in total. The third kappa shape index (κ3) is 2.88. The fourth-order valence-electron chi connectivity index (χ4n) is 3.64. The average molecular weight is 280 g/mol. The zero-order valence-electron chi connectivity index (χ0n) is 13.5. The van der Waals surface area contributed by atoms with E-state index in [0.717, 1.165) is 12.3 Å². The van der Waals surface area contributed by atoms with Crippen LogP contribution in [-0.2, 0) is 13.5 Å². The number of benzene rings is 1. The number of rotatable bonds is 3. The Morgan fingerprint density at radius 1 is 1.10 bits per heavy atom. The highest BCUT2D eigenvalue weighted by atomic mass is 14.9. The maximum Gasteiger partial charge on any atom is 0.212 e. The van der Waals surface area contributed by atoms with E-state index in [4.69, 9.17) is 0 Å². The lowest BCUT2D eigenvalue weighted by molar-refractivity contribution is -0.660. The van der Waals surface area contributed by atoms with Gasteiger partial charge in [-0.05, 0) is 55.4 Å². The normalized spacial score (nSPS) is 15.6. The summed E-state index contributed by atoms with van der Waals surface area (Å²) in [4.78, 5) is 0. The number of hydrogen-bond acceptors (Lipinski definition) is 0. The first kappa shape index (κ1) is 14.3. The van der Waals surface area contributed by atoms with Gasteiger partial charge in [-0.3, -0.25) is 0 Å². The van der Waals surface area contributed by atoms with Crippen molar-refractivity contribution >= 4 is 0 Å². The van der Waals surface area contributed by atoms with Gasteiger partial charge in [-0.25, -0.2) is 4.57 Å². The molecule has 1 heteroatoms. The summed E-state index contributed by atoms with van der Waals surface area (Å²) in [5.74, 6) is 0.800. The van der Waals surface area contributed by atoms with E-state index in [1.54, 1.807) is 5.56 Å². The molecule has 3 rings (SSSR count). The van der Waals surface area contributed by atoms with Crippen LogP contribution in [0.5, 0.6) is 0 Å². The van der Waals surface area contributed by atoms with E-state index in [0.29, 0.717) is 0 Å². The van der Waals surface area contributed by atoms with Gasteiger partial charge in [0.25, 0.3) is 0 Å². The summed E-state index contributed by atoms with van der Waals surface area (Å²) in [6, 6.07) is 11.6. The molecule has 1 fully saturated rings. The number of nitrogens with zero attached hydrogens (tertiary/aromatic N) is 1. The van der Waals surface area contributed by atoms with Gasteiger partial charge in [0.1, 0.15) is 7.05 Å². The van der Waals surface area contributed by atoms with E-state index in [9.17, 15) is 0 Å². The van der Waals surface area contributed by atoms with Gasteiger partial charge in [0.05, 0.1) is 0 Å². The molecule has 1 aliphatic rings. The Hall–Kier alpha value is -1.63. The third-order valence-corrected chi connectivity index (χ3v) is 4.96. The zero-order chi connectivity index (χ0) is 14.8. The van der Waals surface area contributed by atoms with Crippen molar-refractivity contribution in [3.63, 3.8) is 0 Å². The number of hydrogen-bond donors (Lipinski definition) is 0. The molecule has 0 unspecified atom stereocenters. The monoisotopic (exact) mass is 280 g/mol. The van der Waals surface area contributed by atoms with Crippen molar-refractivity contribution < 1.29 is 4.57 Å². The van der Waals surface area contributed by atoms with Crippen LogP contribution in [-0.4, -0.2) is 0 Å². The maximum atomic E-state index is 2.42. The lowest BCUT2D eigenvalue weighted by Gasteiger charge is -2.12. The van der Waals surface area contributed by atoms with Crippen molar-refractivity contribution in [2.75, 3.05) is 0 Å². The minimum atomic E-state index is 0.800. The number of aryl methyl sites for hydroxylation is 3. The molecular weight excluding hydrogens is 254 g/mol. The second kappa shape index (κ2) is 6.01. The molecule has 1 saturated carbocycles. The van der Waals surface area contributed by atoms with Crippen LogP contribution in [0.1, 0.15) is 55.2 Å². The van der Waals surface area contributed by atoms with Gasteiger partial charge in [-0.2, -0.15) is 0 Å². The predicted octanol–water partition coefficient (Wildman–Crippen LogP) is 4.71. The Labute approximate surface area is 128 Å². The average Bonchev–Trinajstić information content (AvgIpc) is 3.02. The molecule has 21 heavy (non-hydrogen) atoms. The summed E-state index contributed by atoms with van der Waals surface area (Å²) in [6.07, 6.45) is 8.89. The summed E-state index contributed by atoms with van der Waals surface area (Å²) in [5, 5.41) is 0. The van der Waals surface area contributed by atoms with Crippen LogP contribution in [0.2, 0.25) is 0 Å². The molecule has 0 radical (unpaired) electrons. The molecule has 110 valence electrons. The van der Waals surface area contributed by atoms with Gasteiger partial charge in [0.2, 0.25) is 5.69 Å². The molecule has 0 bridgehead atoms. The summed E-state index contributed by atoms with van der Waals surface area (Å²) in [5.41, 5.74) is 7.01. The lowest BCUT2D eigenvalue weighted by atomic mass is 9.93. The Morgan fingerprint density at radius 3 is 2.48 bits per heavy atom. The van der Waals surface area contributed by atoms with Gasteiger partial charge in [0, 0.05) is 17.2 Å². The van der Waals surface area contributed by atoms with Crippen LogP contribution >= 0.6 is 0 Å². The Morgan fingerprint density at radius 2 is 1.86 bits per heavy atom. The van der Waals surface area contributed by atoms with E-state index in [1.165, 1.54) is 48.1 Å². The van der Waals surface area contributed by atoms with Gasteiger partial charge >= 0.3 is 0 Å². The molecule has 0 saturated heterocycles. The molecule has 1 aromatic heterocycles. The van der Waals surface area contributed by atoms with Crippen LogP contribution in [0.25, 0.3) is 11.3 Å². The van der Waals surface area contributed by atoms with E-state index in [-0.39, 0.29) is 0 Å². The van der Waals surface area contributed by atoms with Gasteiger partial charge in [-0.15, -0.1) is 0 Å². The van der Waals surface area contributed by atoms with Crippen LogP contribution < -0.4 is 4.57 Å². The fourth-order valence-corrected chi connectivity index (χ4v) is 3.64. The summed E-state index contributed by atoms with van der Waals surface area (Å²) >= 11 is 0. The summed E-state index contributed by atoms with van der Waals surface area (Å²) < 4.78 is 2.26. The van der Waals surface area contributed by atoms with Gasteiger partial charge in [-0.1, -0.05) is 31.9 Å². The minimum Gasteiger partial charge on any atom is -0.201 e. The second-order valence-corrected chi connectivity index (χ2v) is 6.44. The smallest absolute Gasteiger partial charge is 0.201 e. The van der Waals surface area contributed by atoms with Crippen LogP contribution in [0, 0.1) is 6.92 Å². The maximum absolute atomic E-state index is 2.42. The molecule has 1 aliphatic carbocycles. The third-order valence-electron chi connectivity index (χ3n) is 4.96. The molecule has 0 amide bonds. The lowest BCUT2D eigenvalue weighted by Crippen LogP contribution is -2.31. The Bertz CT molecular complexity index is 636. The minimum absolute atomic E-state index is 0.800. The van der Waals surface area contributed by atoms with Gasteiger partial charge in [0.15, 0.2) is 6.20 Å². The second-order valence-electron chi connectivity index (χ2n) is 6.44. The highest BCUT2D eigenvalue weighted by Gasteiger charge is 2.19. The highest BCUT2D eigenvalue weighted by Crippen LogP contribution is 2.35. The van der Waals surface area contributed by atoms with Crippen LogP contribution in [0.15, 0.2) is 36.5 Å². The molecule has 1 heterocycles. The quantitative estimate of drug-likeness (QED) is 0.717. The predicted molar refractivity (Wildman–Crippen MR) is 88.4 cm³/mol. The van der Waals surface area contributed by atoms with E-state index in [1.807, 2.05) is 0 Å². The van der Waals surface area contributed by atoms with Crippen LogP contribution in [0.4, 0.5) is 0 Å². The topological polar surface area (TPSA) is 3.88 Å². The summed E-state index contributed by atoms with van der Waals surface area (Å²) in [7, 11) is 2.15. The largest absolute Gasteiger partial charge is 0.212 e. The molecule has 1 aromatic carbocycles. The van der Waals surface area contributed by atoms with Crippen molar-refractivity contribution in [2.24, 2.45) is 7.05 Å². The highest BCUT2D eigenvalue weighted by molar-refractivity contribution is 5.61. The standard InChI is InChI=1S/C20H26N/c1-4-16-9-12-20(21(3)14-16)19-11-10-18(13-15(19)2)17-7-5-6-8-17/h9-14,17H,4-8H2,1-3H3/q+1. The summed E-state index contributed by atoms with van der Waals surface area (Å²) in [6.45, 7) is 4.46. The van der Waals surface area contributed by atoms with E-state index in [2.05, 4.69) is 62.0 Å². The van der Waals surface area contributed by atoms with Crippen molar-refractivity contribution in [3.05, 3.63) is 53.2 Å². The first-order valence-corrected chi connectivity index (χ1v) is 8.28. The number of aromatic nitrogens is 1. The zero-order valence-corrected chi connectivity index (χ0v) is 13.5. The molecule has 0 N–H and O–H groups in total. The Balaban J connectivity index is 1.95. The van der Waals surface area contributed by atoms with Crippen molar-refractivity contribution in [1.29, 1.82) is 0 Å². The van der Waals surface area contributed by atoms with Crippen LogP contribution in [0.3, 0.4) is 0 Å². The molecule has 0 aliphatic heterocycles. The molecule has 0 spiro atoms. The van der Waals surface area contributed by atoms with E-state index >= 15 is 0 Å². The SMILES string of the molecule is CCc1ccc(-c2ccc(C3CCCC3)cc2C)[n+](C)c1. The van der Waals surface area contributed by atoms with Gasteiger partial charge < -0.3 is 0 Å². The fraction of sp³-hybridized carbons (Fsp3) is 0.450. The van der Waals surface area contributed by atoms with Crippen molar-refractivity contribution in [1.82, 2.24) is 0 Å². The van der Waals surface area contributed by atoms with E-state index < -0.39 is 0 Å². The van der Waals surface area contributed by atoms with Crippen molar-refractivity contribution in [3.8, 4) is 11.3 Å². The first-order valence-electron chi connectivity index (χ1n) is 8.28.